The molecule has 1 amide bonds. The molecule has 0 bridgehead atoms. The number of fused-ring (bicyclic) bond motifs is 1. The van der Waals surface area contributed by atoms with Gasteiger partial charge in [0.05, 0.1) is 10.6 Å². The molecule has 26 heavy (non-hydrogen) atoms. The smallest absolute Gasteiger partial charge is 0.294 e. The van der Waals surface area contributed by atoms with E-state index >= 15 is 0 Å². The molecule has 0 saturated carbocycles. The van der Waals surface area contributed by atoms with Crippen LogP contribution in [0.25, 0.3) is 6.08 Å². The number of nitrogens with zero attached hydrogens (tertiary/aromatic N) is 2. The van der Waals surface area contributed by atoms with Gasteiger partial charge in [0, 0.05) is 18.7 Å². The number of rotatable bonds is 6. The van der Waals surface area contributed by atoms with Crippen LogP contribution in [0.15, 0.2) is 54.3 Å². The summed E-state index contributed by atoms with van der Waals surface area (Å²) in [5, 5.41) is 10.8. The van der Waals surface area contributed by atoms with Crippen LogP contribution in [-0.2, 0) is 4.79 Å². The summed E-state index contributed by atoms with van der Waals surface area (Å²) in [4.78, 5) is 24.8. The standard InChI is InChI=1S/C19H19N3O4/c20-11-3-4-12-21-16-5-1-2-6-17(16)26-18(19(21)23)13-14-7-9-15(10-8-14)22(24)25/h1-2,5-10,13H,3-4,11-12,20H2/b18-13+. The number of benzene rings is 2. The topological polar surface area (TPSA) is 98.7 Å². The summed E-state index contributed by atoms with van der Waals surface area (Å²) in [7, 11) is 0. The van der Waals surface area contributed by atoms with Gasteiger partial charge in [0.25, 0.3) is 11.6 Å². The zero-order valence-corrected chi connectivity index (χ0v) is 14.1. The second kappa shape index (κ2) is 7.79. The minimum absolute atomic E-state index is 0.00297. The number of nitrogens with two attached hydrogens (primary N) is 1. The fraction of sp³-hybridized carbons (Fsp3) is 0.211. The summed E-state index contributed by atoms with van der Waals surface area (Å²) >= 11 is 0. The summed E-state index contributed by atoms with van der Waals surface area (Å²) < 4.78 is 5.77. The number of nitro benzene ring substituents is 1. The Balaban J connectivity index is 1.90. The van der Waals surface area contributed by atoms with Crippen LogP contribution in [0.2, 0.25) is 0 Å². The highest BCUT2D eigenvalue weighted by molar-refractivity contribution is 6.09. The third-order valence-electron chi connectivity index (χ3n) is 4.07. The molecule has 2 aromatic carbocycles. The van der Waals surface area contributed by atoms with Crippen molar-refractivity contribution in [1.82, 2.24) is 0 Å². The van der Waals surface area contributed by atoms with E-state index in [1.54, 1.807) is 29.2 Å². The SMILES string of the molecule is NCCCCN1C(=O)/C(=C\c2ccc([N+](=O)[O-])cc2)Oc2ccccc21. The molecule has 0 saturated heterocycles. The van der Waals surface area contributed by atoms with Gasteiger partial charge in [-0.05, 0) is 55.3 Å². The van der Waals surface area contributed by atoms with Crippen molar-refractivity contribution in [3.8, 4) is 5.75 Å². The molecule has 0 fully saturated rings. The van der Waals surface area contributed by atoms with Crippen LogP contribution in [0.1, 0.15) is 18.4 Å². The van der Waals surface area contributed by atoms with Gasteiger partial charge in [-0.1, -0.05) is 12.1 Å². The Bertz CT molecular complexity index is 846. The lowest BCUT2D eigenvalue weighted by molar-refractivity contribution is -0.384. The fourth-order valence-electron chi connectivity index (χ4n) is 2.74. The largest absolute Gasteiger partial charge is 0.449 e. The molecule has 0 aliphatic carbocycles. The lowest BCUT2D eigenvalue weighted by atomic mass is 10.1. The molecule has 0 radical (unpaired) electrons. The maximum absolute atomic E-state index is 12.9. The number of hydrogen-bond acceptors (Lipinski definition) is 5. The number of carbonyl (C=O) groups excluding carboxylic acids is 1. The van der Waals surface area contributed by atoms with E-state index in [0.29, 0.717) is 24.4 Å². The van der Waals surface area contributed by atoms with Gasteiger partial charge in [0.2, 0.25) is 0 Å². The number of non-ortho nitro benzene ring substituents is 1. The Morgan fingerprint density at radius 2 is 1.85 bits per heavy atom. The normalized spacial score (nSPS) is 14.9. The van der Waals surface area contributed by atoms with Gasteiger partial charge in [-0.15, -0.1) is 0 Å². The van der Waals surface area contributed by atoms with Gasteiger partial charge in [0.15, 0.2) is 11.5 Å². The number of unbranched alkanes of at least 4 members (excludes halogenated alkanes) is 1. The molecule has 7 heteroatoms. The van der Waals surface area contributed by atoms with E-state index in [1.165, 1.54) is 12.1 Å². The summed E-state index contributed by atoms with van der Waals surface area (Å²) in [5.41, 5.74) is 6.93. The highest BCUT2D eigenvalue weighted by Gasteiger charge is 2.29. The lowest BCUT2D eigenvalue weighted by Gasteiger charge is -2.30. The van der Waals surface area contributed by atoms with Crippen LogP contribution >= 0.6 is 0 Å². The number of amides is 1. The molecule has 134 valence electrons. The molecular formula is C19H19N3O4. The van der Waals surface area contributed by atoms with Crippen LogP contribution in [0.5, 0.6) is 5.75 Å². The fourth-order valence-corrected chi connectivity index (χ4v) is 2.74. The Hall–Kier alpha value is -3.19. The molecule has 0 atom stereocenters. The molecule has 2 aromatic rings. The van der Waals surface area contributed by atoms with E-state index in [0.717, 1.165) is 18.5 Å². The van der Waals surface area contributed by atoms with Gasteiger partial charge < -0.3 is 15.4 Å². The molecular weight excluding hydrogens is 334 g/mol. The lowest BCUT2D eigenvalue weighted by Crippen LogP contribution is -2.38. The number of ether oxygens (including phenoxy) is 1. The van der Waals surface area contributed by atoms with Crippen LogP contribution in [0, 0.1) is 10.1 Å². The van der Waals surface area contributed by atoms with Crippen molar-refractivity contribution >= 4 is 23.4 Å². The van der Waals surface area contributed by atoms with E-state index in [9.17, 15) is 14.9 Å². The van der Waals surface area contributed by atoms with Crippen molar-refractivity contribution in [3.63, 3.8) is 0 Å². The zero-order valence-electron chi connectivity index (χ0n) is 14.1. The van der Waals surface area contributed by atoms with Gasteiger partial charge in [-0.2, -0.15) is 0 Å². The highest BCUT2D eigenvalue weighted by Crippen LogP contribution is 2.35. The second-order valence-electron chi connectivity index (χ2n) is 5.88. The Morgan fingerprint density at radius 1 is 1.12 bits per heavy atom. The number of anilines is 1. The Kier molecular flexibility index (Phi) is 5.28. The first-order valence-electron chi connectivity index (χ1n) is 8.35. The summed E-state index contributed by atoms with van der Waals surface area (Å²) in [6, 6.07) is 13.3. The number of para-hydroxylation sites is 2. The van der Waals surface area contributed by atoms with E-state index in [2.05, 4.69) is 0 Å². The number of carbonyl (C=O) groups is 1. The van der Waals surface area contributed by atoms with E-state index in [4.69, 9.17) is 10.5 Å². The second-order valence-corrected chi connectivity index (χ2v) is 5.88. The highest BCUT2D eigenvalue weighted by atomic mass is 16.6. The quantitative estimate of drug-likeness (QED) is 0.372. The van der Waals surface area contributed by atoms with Crippen LogP contribution in [0.3, 0.4) is 0 Å². The minimum Gasteiger partial charge on any atom is -0.449 e. The summed E-state index contributed by atoms with van der Waals surface area (Å²) in [5.74, 6) is 0.553. The molecule has 7 nitrogen and oxygen atoms in total. The predicted molar refractivity (Wildman–Crippen MR) is 98.8 cm³/mol. The van der Waals surface area contributed by atoms with Gasteiger partial charge in [-0.3, -0.25) is 14.9 Å². The van der Waals surface area contributed by atoms with E-state index in [-0.39, 0.29) is 17.4 Å². The average Bonchev–Trinajstić information content (AvgIpc) is 2.65. The molecule has 1 aliphatic rings. The number of nitro groups is 1. The van der Waals surface area contributed by atoms with Crippen LogP contribution in [0.4, 0.5) is 11.4 Å². The number of hydrogen-bond donors (Lipinski definition) is 1. The van der Waals surface area contributed by atoms with Gasteiger partial charge in [0.1, 0.15) is 0 Å². The van der Waals surface area contributed by atoms with Crippen molar-refractivity contribution < 1.29 is 14.5 Å². The first-order valence-corrected chi connectivity index (χ1v) is 8.35. The molecule has 1 aliphatic heterocycles. The Morgan fingerprint density at radius 3 is 2.54 bits per heavy atom. The van der Waals surface area contributed by atoms with Crippen molar-refractivity contribution in [1.29, 1.82) is 0 Å². The van der Waals surface area contributed by atoms with Crippen LogP contribution < -0.4 is 15.4 Å². The molecule has 0 unspecified atom stereocenters. The molecule has 3 rings (SSSR count). The predicted octanol–water partition coefficient (Wildman–Crippen LogP) is 3.10. The Labute approximate surface area is 150 Å². The van der Waals surface area contributed by atoms with Crippen molar-refractivity contribution in [2.24, 2.45) is 5.73 Å². The molecule has 2 N–H and O–H groups in total. The monoisotopic (exact) mass is 353 g/mol. The average molecular weight is 353 g/mol. The zero-order chi connectivity index (χ0) is 18.5. The van der Waals surface area contributed by atoms with Crippen molar-refractivity contribution in [2.45, 2.75) is 12.8 Å². The summed E-state index contributed by atoms with van der Waals surface area (Å²) in [6.45, 7) is 1.12. The third-order valence-corrected chi connectivity index (χ3v) is 4.07. The maximum atomic E-state index is 12.9. The van der Waals surface area contributed by atoms with E-state index < -0.39 is 4.92 Å². The van der Waals surface area contributed by atoms with Crippen molar-refractivity contribution in [2.75, 3.05) is 18.0 Å². The van der Waals surface area contributed by atoms with Gasteiger partial charge >= 0.3 is 0 Å². The van der Waals surface area contributed by atoms with Gasteiger partial charge in [-0.25, -0.2) is 0 Å². The first kappa shape index (κ1) is 17.6. The van der Waals surface area contributed by atoms with E-state index in [1.807, 2.05) is 18.2 Å². The molecule has 1 heterocycles. The third kappa shape index (κ3) is 3.73. The first-order chi connectivity index (χ1) is 12.6. The van der Waals surface area contributed by atoms with Crippen molar-refractivity contribution in [3.05, 3.63) is 70.0 Å². The summed E-state index contributed by atoms with van der Waals surface area (Å²) in [6.07, 6.45) is 3.22. The minimum atomic E-state index is -0.464. The maximum Gasteiger partial charge on any atom is 0.294 e. The molecule has 0 aromatic heterocycles. The molecule has 0 spiro atoms. The van der Waals surface area contributed by atoms with Crippen LogP contribution in [-0.4, -0.2) is 23.9 Å².